The van der Waals surface area contributed by atoms with Gasteiger partial charge in [0.05, 0.1) is 11.1 Å². The van der Waals surface area contributed by atoms with E-state index < -0.39 is 0 Å². The first kappa shape index (κ1) is 18.2. The first-order valence-electron chi connectivity index (χ1n) is 7.20. The zero-order chi connectivity index (χ0) is 17.0. The van der Waals surface area contributed by atoms with Crippen LogP contribution >= 0.6 is 31.9 Å². The number of halogens is 2. The molecule has 0 bridgehead atoms. The van der Waals surface area contributed by atoms with Crippen LogP contribution in [0.4, 0.5) is 0 Å². The van der Waals surface area contributed by atoms with E-state index in [1.165, 1.54) is 0 Å². The fraction of sp³-hybridized carbons (Fsp3) is 0.353. The molecule has 0 saturated heterocycles. The first-order valence-corrected chi connectivity index (χ1v) is 8.79. The van der Waals surface area contributed by atoms with Crippen LogP contribution in [0.3, 0.4) is 0 Å². The maximum absolute atomic E-state index is 12.5. The molecule has 0 N–H and O–H groups in total. The number of methoxy groups -OCH3 is 1. The van der Waals surface area contributed by atoms with Gasteiger partial charge in [-0.3, -0.25) is 4.79 Å². The number of benzene rings is 1. The summed E-state index contributed by atoms with van der Waals surface area (Å²) >= 11 is 6.82. The smallest absolute Gasteiger partial charge is 0.202 e. The Morgan fingerprint density at radius 1 is 1.22 bits per heavy atom. The van der Waals surface area contributed by atoms with Gasteiger partial charge in [0.2, 0.25) is 5.78 Å². The van der Waals surface area contributed by atoms with Crippen molar-refractivity contribution in [2.24, 2.45) is 0 Å². The van der Waals surface area contributed by atoms with Crippen molar-refractivity contribution in [3.05, 3.63) is 50.2 Å². The molecule has 0 saturated carbocycles. The number of carbonyl (C=O) groups is 1. The number of ketones is 1. The molecule has 0 aliphatic heterocycles. The van der Waals surface area contributed by atoms with Crippen LogP contribution in [0.25, 0.3) is 0 Å². The number of rotatable bonds is 7. The van der Waals surface area contributed by atoms with E-state index in [1.807, 2.05) is 38.1 Å². The van der Waals surface area contributed by atoms with E-state index in [0.29, 0.717) is 17.9 Å². The van der Waals surface area contributed by atoms with Crippen LogP contribution in [0, 0.1) is 13.8 Å². The summed E-state index contributed by atoms with van der Waals surface area (Å²) in [5.74, 6) is 0.617. The van der Waals surface area contributed by atoms with Crippen molar-refractivity contribution in [2.75, 3.05) is 20.3 Å². The molecule has 2 aromatic rings. The second-order valence-electron chi connectivity index (χ2n) is 5.22. The van der Waals surface area contributed by atoms with E-state index in [0.717, 1.165) is 26.9 Å². The fourth-order valence-corrected chi connectivity index (χ4v) is 3.58. The topological polar surface area (TPSA) is 40.5 Å². The van der Waals surface area contributed by atoms with Gasteiger partial charge in [-0.15, -0.1) is 0 Å². The second kappa shape index (κ2) is 8.13. The molecule has 23 heavy (non-hydrogen) atoms. The lowest BCUT2D eigenvalue weighted by Gasteiger charge is -2.10. The summed E-state index contributed by atoms with van der Waals surface area (Å²) in [6, 6.07) is 7.49. The van der Waals surface area contributed by atoms with Gasteiger partial charge < -0.3 is 14.0 Å². The Balaban J connectivity index is 2.09. The van der Waals surface area contributed by atoms with Crippen molar-refractivity contribution < 1.29 is 14.3 Å². The normalized spacial score (nSPS) is 10.8. The standard InChI is InChI=1S/C17H19Br2NO3/c1-11-8-14(12(2)20(11)6-7-22-3)16(21)10-23-17-5-4-13(18)9-15(17)19/h4-5,8-9H,6-7,10H2,1-3H3. The quantitative estimate of drug-likeness (QED) is 0.588. The monoisotopic (exact) mass is 443 g/mol. The van der Waals surface area contributed by atoms with Gasteiger partial charge in [0.25, 0.3) is 0 Å². The molecule has 1 heterocycles. The summed E-state index contributed by atoms with van der Waals surface area (Å²) in [6.07, 6.45) is 0. The summed E-state index contributed by atoms with van der Waals surface area (Å²) < 4.78 is 14.6. The van der Waals surface area contributed by atoms with Gasteiger partial charge in [0.15, 0.2) is 6.61 Å². The Labute approximate surface area is 153 Å². The SMILES string of the molecule is COCCn1c(C)cc(C(=O)COc2ccc(Br)cc2Br)c1C. The van der Waals surface area contributed by atoms with E-state index in [9.17, 15) is 4.79 Å². The van der Waals surface area contributed by atoms with Gasteiger partial charge in [-0.25, -0.2) is 0 Å². The van der Waals surface area contributed by atoms with E-state index in [4.69, 9.17) is 9.47 Å². The minimum absolute atomic E-state index is 0.00873. The molecule has 0 amide bonds. The van der Waals surface area contributed by atoms with Crippen molar-refractivity contribution >= 4 is 37.6 Å². The second-order valence-corrected chi connectivity index (χ2v) is 6.99. The Bertz CT molecular complexity index is 710. The lowest BCUT2D eigenvalue weighted by molar-refractivity contribution is 0.0920. The minimum atomic E-state index is -0.0309. The molecular weight excluding hydrogens is 426 g/mol. The van der Waals surface area contributed by atoms with Crippen molar-refractivity contribution in [3.63, 3.8) is 0 Å². The van der Waals surface area contributed by atoms with Gasteiger partial charge in [-0.2, -0.15) is 0 Å². The third kappa shape index (κ3) is 4.46. The lowest BCUT2D eigenvalue weighted by Crippen LogP contribution is -2.14. The van der Waals surface area contributed by atoms with E-state index in [1.54, 1.807) is 7.11 Å². The summed E-state index contributed by atoms with van der Waals surface area (Å²) in [6.45, 7) is 5.30. The molecule has 0 atom stereocenters. The average molecular weight is 445 g/mol. The molecule has 124 valence electrons. The third-order valence-electron chi connectivity index (χ3n) is 3.65. The Kier molecular flexibility index (Phi) is 6.44. The predicted octanol–water partition coefficient (Wildman–Crippen LogP) is 4.54. The van der Waals surface area contributed by atoms with Crippen LogP contribution in [0.5, 0.6) is 5.75 Å². The summed E-state index contributed by atoms with van der Waals surface area (Å²) in [4.78, 5) is 12.5. The van der Waals surface area contributed by atoms with E-state index in [-0.39, 0.29) is 12.4 Å². The molecule has 2 rings (SSSR count). The van der Waals surface area contributed by atoms with Crippen molar-refractivity contribution in [3.8, 4) is 5.75 Å². The number of nitrogens with zero attached hydrogens (tertiary/aromatic N) is 1. The number of aryl methyl sites for hydroxylation is 1. The fourth-order valence-electron chi connectivity index (χ4n) is 2.42. The molecule has 1 aromatic heterocycles. The van der Waals surface area contributed by atoms with Gasteiger partial charge in [-0.05, 0) is 54.0 Å². The van der Waals surface area contributed by atoms with Gasteiger partial charge >= 0.3 is 0 Å². The van der Waals surface area contributed by atoms with Crippen molar-refractivity contribution in [1.29, 1.82) is 0 Å². The summed E-state index contributed by atoms with van der Waals surface area (Å²) in [5, 5.41) is 0. The van der Waals surface area contributed by atoms with E-state index in [2.05, 4.69) is 36.4 Å². The summed E-state index contributed by atoms with van der Waals surface area (Å²) in [5.41, 5.74) is 2.70. The van der Waals surface area contributed by atoms with E-state index >= 15 is 0 Å². The molecule has 0 spiro atoms. The van der Waals surface area contributed by atoms with Gasteiger partial charge in [-0.1, -0.05) is 15.9 Å². The van der Waals surface area contributed by atoms with Crippen LogP contribution in [0.1, 0.15) is 21.7 Å². The van der Waals surface area contributed by atoms with Gasteiger partial charge in [0, 0.05) is 35.1 Å². The first-order chi connectivity index (χ1) is 10.9. The van der Waals surface area contributed by atoms with Crippen molar-refractivity contribution in [2.45, 2.75) is 20.4 Å². The van der Waals surface area contributed by atoms with Crippen LogP contribution in [-0.4, -0.2) is 30.7 Å². The summed E-state index contributed by atoms with van der Waals surface area (Å²) in [7, 11) is 1.67. The molecule has 4 nitrogen and oxygen atoms in total. The largest absolute Gasteiger partial charge is 0.484 e. The highest BCUT2D eigenvalue weighted by molar-refractivity contribution is 9.11. The Morgan fingerprint density at radius 2 is 1.96 bits per heavy atom. The number of ether oxygens (including phenoxy) is 2. The minimum Gasteiger partial charge on any atom is -0.484 e. The number of hydrogen-bond acceptors (Lipinski definition) is 3. The number of hydrogen-bond donors (Lipinski definition) is 0. The lowest BCUT2D eigenvalue weighted by atomic mass is 10.1. The number of carbonyl (C=O) groups excluding carboxylic acids is 1. The highest BCUT2D eigenvalue weighted by Gasteiger charge is 2.16. The predicted molar refractivity (Wildman–Crippen MR) is 97.4 cm³/mol. The molecule has 0 fully saturated rings. The number of Topliss-reactive ketones (excluding diaryl/α,β-unsaturated/α-hetero) is 1. The molecule has 0 aliphatic carbocycles. The number of aromatic nitrogens is 1. The Morgan fingerprint density at radius 3 is 2.61 bits per heavy atom. The van der Waals surface area contributed by atoms with Crippen molar-refractivity contribution in [1.82, 2.24) is 4.57 Å². The highest BCUT2D eigenvalue weighted by atomic mass is 79.9. The molecule has 1 aromatic carbocycles. The highest BCUT2D eigenvalue weighted by Crippen LogP contribution is 2.28. The van der Waals surface area contributed by atoms with Gasteiger partial charge in [0.1, 0.15) is 5.75 Å². The van der Waals surface area contributed by atoms with Crippen LogP contribution in [0.2, 0.25) is 0 Å². The molecule has 0 radical (unpaired) electrons. The maximum Gasteiger partial charge on any atom is 0.202 e. The molecular formula is C17H19Br2NO3. The maximum atomic E-state index is 12.5. The van der Waals surface area contributed by atoms with Crippen LogP contribution < -0.4 is 4.74 Å². The zero-order valence-corrected chi connectivity index (χ0v) is 16.5. The van der Waals surface area contributed by atoms with Crippen LogP contribution in [-0.2, 0) is 11.3 Å². The average Bonchev–Trinajstić information content (AvgIpc) is 2.79. The Hall–Kier alpha value is -1.11. The third-order valence-corrected chi connectivity index (χ3v) is 4.76. The zero-order valence-electron chi connectivity index (χ0n) is 13.4. The molecule has 0 unspecified atom stereocenters. The molecule has 0 aliphatic rings. The molecule has 6 heteroatoms. The van der Waals surface area contributed by atoms with Crippen LogP contribution in [0.15, 0.2) is 33.2 Å².